The third-order valence-corrected chi connectivity index (χ3v) is 7.88. The number of thiol groups is 1. The summed E-state index contributed by atoms with van der Waals surface area (Å²) in [5.74, 6) is -0.872. The summed E-state index contributed by atoms with van der Waals surface area (Å²) in [7, 11) is -3.76. The molecule has 150 valence electrons. The van der Waals surface area contributed by atoms with E-state index in [1.54, 1.807) is 42.6 Å². The number of carbonyl (C=O) groups excluding carboxylic acids is 2. The molecular weight excluding hydrogens is 420 g/mol. The number of nitrogens with zero attached hydrogens (tertiary/aromatic N) is 1. The third kappa shape index (κ3) is 4.40. The maximum Gasteiger partial charge on any atom is 0.338 e. The van der Waals surface area contributed by atoms with Crippen LogP contribution in [0.1, 0.15) is 23.7 Å². The number of thiophene rings is 1. The molecule has 1 aliphatic heterocycles. The molecule has 10 heteroatoms. The van der Waals surface area contributed by atoms with Crippen LogP contribution in [0.5, 0.6) is 0 Å². The Hall–Kier alpha value is -1.88. The van der Waals surface area contributed by atoms with Gasteiger partial charge in [0, 0.05) is 17.5 Å². The maximum atomic E-state index is 12.9. The number of esters is 1. The van der Waals surface area contributed by atoms with E-state index in [4.69, 9.17) is 4.74 Å². The molecule has 0 radical (unpaired) electrons. The van der Waals surface area contributed by atoms with Gasteiger partial charge >= 0.3 is 5.97 Å². The molecule has 0 aliphatic carbocycles. The second-order valence-corrected chi connectivity index (χ2v) is 9.99. The first-order chi connectivity index (χ1) is 13.3. The van der Waals surface area contributed by atoms with Crippen molar-refractivity contribution in [3.05, 3.63) is 47.3 Å². The Morgan fingerprint density at radius 3 is 2.61 bits per heavy atom. The zero-order valence-corrected chi connectivity index (χ0v) is 17.6. The molecule has 1 saturated heterocycles. The molecular formula is C18H20N2O5S3. The van der Waals surface area contributed by atoms with E-state index in [2.05, 4.69) is 17.9 Å². The Bertz CT molecular complexity index is 942. The number of rotatable bonds is 6. The third-order valence-electron chi connectivity index (χ3n) is 4.26. The first-order valence-corrected chi connectivity index (χ1v) is 11.5. The van der Waals surface area contributed by atoms with Crippen molar-refractivity contribution in [2.45, 2.75) is 28.8 Å². The van der Waals surface area contributed by atoms with E-state index in [0.717, 1.165) is 11.3 Å². The Kier molecular flexibility index (Phi) is 6.43. The second kappa shape index (κ2) is 8.64. The summed E-state index contributed by atoms with van der Waals surface area (Å²) in [5.41, 5.74) is 0.840. The number of anilines is 1. The molecule has 3 rings (SSSR count). The van der Waals surface area contributed by atoms with Gasteiger partial charge in [0.2, 0.25) is 5.91 Å². The molecule has 0 spiro atoms. The monoisotopic (exact) mass is 440 g/mol. The molecule has 1 N–H and O–H groups in total. The number of amides is 1. The van der Waals surface area contributed by atoms with E-state index < -0.39 is 27.9 Å². The molecule has 2 aromatic rings. The van der Waals surface area contributed by atoms with Gasteiger partial charge in [0.05, 0.1) is 12.2 Å². The van der Waals surface area contributed by atoms with Crippen molar-refractivity contribution in [2.24, 2.45) is 0 Å². The SMILES string of the molecule is CCOC(=O)c1ccc(NC(=O)[C@@H]2C[C@H](S)CN2S(=O)(=O)c2cccs2)cc1. The Morgan fingerprint density at radius 2 is 2.00 bits per heavy atom. The van der Waals surface area contributed by atoms with Crippen LogP contribution in [0, 0.1) is 0 Å². The van der Waals surface area contributed by atoms with Gasteiger partial charge in [-0.05, 0) is 49.1 Å². The van der Waals surface area contributed by atoms with E-state index in [1.807, 2.05) is 0 Å². The molecule has 28 heavy (non-hydrogen) atoms. The van der Waals surface area contributed by atoms with Crippen molar-refractivity contribution in [3.8, 4) is 0 Å². The van der Waals surface area contributed by atoms with Crippen molar-refractivity contribution in [2.75, 3.05) is 18.5 Å². The lowest BCUT2D eigenvalue weighted by molar-refractivity contribution is -0.119. The van der Waals surface area contributed by atoms with Crippen molar-refractivity contribution >= 4 is 51.6 Å². The van der Waals surface area contributed by atoms with E-state index in [9.17, 15) is 18.0 Å². The lowest BCUT2D eigenvalue weighted by Gasteiger charge is -2.22. The molecule has 1 aliphatic rings. The highest BCUT2D eigenvalue weighted by atomic mass is 32.2. The smallest absolute Gasteiger partial charge is 0.338 e. The summed E-state index contributed by atoms with van der Waals surface area (Å²) in [6, 6.07) is 8.58. The van der Waals surface area contributed by atoms with Gasteiger partial charge in [0.1, 0.15) is 10.3 Å². The summed E-state index contributed by atoms with van der Waals surface area (Å²) in [6.45, 7) is 2.17. The molecule has 0 bridgehead atoms. The van der Waals surface area contributed by atoms with Gasteiger partial charge in [-0.15, -0.1) is 11.3 Å². The number of carbonyl (C=O) groups is 2. The predicted molar refractivity (Wildman–Crippen MR) is 110 cm³/mol. The Balaban J connectivity index is 1.75. The summed E-state index contributed by atoms with van der Waals surface area (Å²) >= 11 is 5.50. The van der Waals surface area contributed by atoms with E-state index in [1.165, 1.54) is 10.4 Å². The normalized spacial score (nSPS) is 20.1. The van der Waals surface area contributed by atoms with E-state index in [-0.39, 0.29) is 22.6 Å². The Labute approximate surface area is 173 Å². The minimum Gasteiger partial charge on any atom is -0.462 e. The van der Waals surface area contributed by atoms with Gasteiger partial charge in [-0.3, -0.25) is 4.79 Å². The van der Waals surface area contributed by atoms with Gasteiger partial charge in [-0.25, -0.2) is 13.2 Å². The highest BCUT2D eigenvalue weighted by molar-refractivity contribution is 7.91. The fraction of sp³-hybridized carbons (Fsp3) is 0.333. The van der Waals surface area contributed by atoms with Gasteiger partial charge in [0.15, 0.2) is 0 Å². The summed E-state index contributed by atoms with van der Waals surface area (Å²) in [5, 5.41) is 4.18. The predicted octanol–water partition coefficient (Wildman–Crippen LogP) is 2.62. The summed E-state index contributed by atoms with van der Waals surface area (Å²) < 4.78 is 32.1. The zero-order chi connectivity index (χ0) is 20.3. The molecule has 0 unspecified atom stereocenters. The molecule has 7 nitrogen and oxygen atoms in total. The lowest BCUT2D eigenvalue weighted by atomic mass is 10.2. The fourth-order valence-corrected chi connectivity index (χ4v) is 6.19. The largest absolute Gasteiger partial charge is 0.462 e. The molecule has 1 aromatic heterocycles. The van der Waals surface area contributed by atoms with Crippen LogP contribution >= 0.6 is 24.0 Å². The van der Waals surface area contributed by atoms with Crippen LogP contribution < -0.4 is 5.32 Å². The number of benzene rings is 1. The van der Waals surface area contributed by atoms with Gasteiger partial charge in [-0.2, -0.15) is 16.9 Å². The number of sulfonamides is 1. The van der Waals surface area contributed by atoms with Crippen molar-refractivity contribution in [1.82, 2.24) is 4.31 Å². The number of hydrogen-bond acceptors (Lipinski definition) is 7. The van der Waals surface area contributed by atoms with Crippen LogP contribution in [-0.4, -0.2) is 49.0 Å². The molecule has 1 amide bonds. The molecule has 0 saturated carbocycles. The maximum absolute atomic E-state index is 12.9. The summed E-state index contributed by atoms with van der Waals surface area (Å²) in [6.07, 6.45) is 0.320. The van der Waals surface area contributed by atoms with E-state index >= 15 is 0 Å². The number of ether oxygens (including phenoxy) is 1. The molecule has 2 atom stereocenters. The van der Waals surface area contributed by atoms with Crippen LogP contribution in [0.4, 0.5) is 5.69 Å². The highest BCUT2D eigenvalue weighted by Gasteiger charge is 2.43. The van der Waals surface area contributed by atoms with Crippen LogP contribution in [-0.2, 0) is 19.6 Å². The van der Waals surface area contributed by atoms with Gasteiger partial charge in [-0.1, -0.05) is 6.07 Å². The number of hydrogen-bond donors (Lipinski definition) is 2. The molecule has 2 heterocycles. The first-order valence-electron chi connectivity index (χ1n) is 8.64. The van der Waals surface area contributed by atoms with Gasteiger partial charge in [0.25, 0.3) is 10.0 Å². The van der Waals surface area contributed by atoms with Crippen LogP contribution in [0.25, 0.3) is 0 Å². The van der Waals surface area contributed by atoms with Gasteiger partial charge < -0.3 is 10.1 Å². The first kappa shape index (κ1) is 20.8. The average molecular weight is 441 g/mol. The molecule has 1 fully saturated rings. The van der Waals surface area contributed by atoms with Crippen LogP contribution in [0.2, 0.25) is 0 Å². The second-order valence-electron chi connectivity index (χ2n) is 6.20. The minimum absolute atomic E-state index is 0.170. The van der Waals surface area contributed by atoms with Crippen molar-refractivity contribution < 1.29 is 22.7 Å². The number of nitrogens with one attached hydrogen (secondary N) is 1. The highest BCUT2D eigenvalue weighted by Crippen LogP contribution is 2.31. The summed E-state index contributed by atoms with van der Waals surface area (Å²) in [4.78, 5) is 24.5. The zero-order valence-electron chi connectivity index (χ0n) is 15.1. The minimum atomic E-state index is -3.76. The standard InChI is InChI=1S/C18H20N2O5S3/c1-2-25-18(22)12-5-7-13(8-6-12)19-17(21)15-10-14(26)11-20(15)28(23,24)16-4-3-9-27-16/h3-9,14-15,26H,2,10-11H2,1H3,(H,19,21)/t14-,15-/m0/s1. The average Bonchev–Trinajstić information content (AvgIpc) is 3.33. The van der Waals surface area contributed by atoms with Crippen molar-refractivity contribution in [1.29, 1.82) is 0 Å². The lowest BCUT2D eigenvalue weighted by Crippen LogP contribution is -2.42. The fourth-order valence-electron chi connectivity index (χ4n) is 2.94. The van der Waals surface area contributed by atoms with Crippen molar-refractivity contribution in [3.63, 3.8) is 0 Å². The quantitative estimate of drug-likeness (QED) is 0.532. The topological polar surface area (TPSA) is 92.8 Å². The van der Waals surface area contributed by atoms with Crippen LogP contribution in [0.15, 0.2) is 46.0 Å². The van der Waals surface area contributed by atoms with E-state index in [0.29, 0.717) is 17.7 Å². The van der Waals surface area contributed by atoms with Crippen LogP contribution in [0.3, 0.4) is 0 Å². The molecule has 1 aromatic carbocycles. The Morgan fingerprint density at radius 1 is 1.29 bits per heavy atom.